The van der Waals surface area contributed by atoms with Crippen molar-refractivity contribution in [3.63, 3.8) is 0 Å². The quantitative estimate of drug-likeness (QED) is 0.848. The standard InChI is InChI=1S/C16H20N2O2S2/c1-11-10-21-16(17-11)22-14-8-5-9-18(15(14)19)12-6-3-4-7-13(12)20-2/h3-4,6-7,11,14H,5,8-10H2,1-2H3/t11-,14-/m1/s1. The van der Waals surface area contributed by atoms with E-state index in [0.717, 1.165) is 41.0 Å². The van der Waals surface area contributed by atoms with Crippen LogP contribution in [0.25, 0.3) is 0 Å². The van der Waals surface area contributed by atoms with Gasteiger partial charge in [0.2, 0.25) is 5.91 Å². The van der Waals surface area contributed by atoms with Gasteiger partial charge in [0.15, 0.2) is 0 Å². The molecule has 6 heteroatoms. The van der Waals surface area contributed by atoms with Gasteiger partial charge in [0.05, 0.1) is 24.1 Å². The molecule has 1 saturated heterocycles. The van der Waals surface area contributed by atoms with Crippen molar-refractivity contribution in [3.8, 4) is 5.75 Å². The Labute approximate surface area is 139 Å². The van der Waals surface area contributed by atoms with E-state index in [1.807, 2.05) is 29.2 Å². The molecule has 0 aliphatic carbocycles. The second-order valence-corrected chi connectivity index (χ2v) is 7.92. The van der Waals surface area contributed by atoms with Gasteiger partial charge in [0, 0.05) is 12.3 Å². The largest absolute Gasteiger partial charge is 0.495 e. The van der Waals surface area contributed by atoms with Crippen LogP contribution in [0, 0.1) is 0 Å². The Morgan fingerprint density at radius 3 is 2.95 bits per heavy atom. The Morgan fingerprint density at radius 1 is 1.41 bits per heavy atom. The maximum Gasteiger partial charge on any atom is 0.240 e. The third kappa shape index (κ3) is 3.27. The molecule has 2 aliphatic heterocycles. The van der Waals surface area contributed by atoms with Crippen LogP contribution >= 0.6 is 23.5 Å². The minimum atomic E-state index is -0.0322. The molecule has 2 atom stereocenters. The van der Waals surface area contributed by atoms with Gasteiger partial charge >= 0.3 is 0 Å². The van der Waals surface area contributed by atoms with Crippen LogP contribution in [0.3, 0.4) is 0 Å². The molecule has 22 heavy (non-hydrogen) atoms. The van der Waals surface area contributed by atoms with Crippen molar-refractivity contribution >= 4 is 39.5 Å². The topological polar surface area (TPSA) is 41.9 Å². The third-order valence-corrected chi connectivity index (χ3v) is 6.45. The Morgan fingerprint density at radius 2 is 2.23 bits per heavy atom. The van der Waals surface area contributed by atoms with Crippen LogP contribution in [0.5, 0.6) is 5.75 Å². The van der Waals surface area contributed by atoms with E-state index in [4.69, 9.17) is 4.74 Å². The lowest BCUT2D eigenvalue weighted by Gasteiger charge is -2.32. The lowest BCUT2D eigenvalue weighted by Crippen LogP contribution is -2.43. The molecule has 1 fully saturated rings. The van der Waals surface area contributed by atoms with Gasteiger partial charge in [0.25, 0.3) is 0 Å². The number of carbonyl (C=O) groups excluding carboxylic acids is 1. The maximum atomic E-state index is 12.8. The number of hydrogen-bond acceptors (Lipinski definition) is 5. The highest BCUT2D eigenvalue weighted by Crippen LogP contribution is 2.36. The summed E-state index contributed by atoms with van der Waals surface area (Å²) < 4.78 is 6.46. The summed E-state index contributed by atoms with van der Waals surface area (Å²) in [4.78, 5) is 19.3. The second-order valence-electron chi connectivity index (χ2n) is 5.47. The molecule has 0 aromatic heterocycles. The first-order valence-corrected chi connectivity index (χ1v) is 9.37. The molecule has 1 amide bonds. The highest BCUT2D eigenvalue weighted by molar-refractivity contribution is 8.39. The van der Waals surface area contributed by atoms with Gasteiger partial charge in [-0.1, -0.05) is 35.7 Å². The molecule has 2 heterocycles. The van der Waals surface area contributed by atoms with Crippen molar-refractivity contribution in [1.82, 2.24) is 0 Å². The van der Waals surface area contributed by atoms with Crippen molar-refractivity contribution in [2.75, 3.05) is 24.3 Å². The SMILES string of the molecule is COc1ccccc1N1CCC[C@@H](SC2=N[C@H](C)CS2)C1=O. The number of para-hydroxylation sites is 2. The summed E-state index contributed by atoms with van der Waals surface area (Å²) in [6.45, 7) is 2.87. The van der Waals surface area contributed by atoms with Gasteiger partial charge in [-0.3, -0.25) is 9.79 Å². The molecule has 1 aromatic carbocycles. The van der Waals surface area contributed by atoms with Crippen molar-refractivity contribution in [2.45, 2.75) is 31.1 Å². The zero-order valence-corrected chi connectivity index (χ0v) is 14.5. The first-order chi connectivity index (χ1) is 10.7. The summed E-state index contributed by atoms with van der Waals surface area (Å²) in [6, 6.07) is 8.09. The number of aliphatic imine (C=N–C) groups is 1. The zero-order chi connectivity index (χ0) is 15.5. The number of methoxy groups -OCH3 is 1. The van der Waals surface area contributed by atoms with Crippen LogP contribution < -0.4 is 9.64 Å². The van der Waals surface area contributed by atoms with Crippen LogP contribution in [-0.4, -0.2) is 41.0 Å². The average Bonchev–Trinajstić information content (AvgIpc) is 2.94. The number of nitrogens with zero attached hydrogens (tertiary/aromatic N) is 2. The summed E-state index contributed by atoms with van der Waals surface area (Å²) in [6.07, 6.45) is 1.93. The molecule has 0 spiro atoms. The molecule has 3 rings (SSSR count). The maximum absolute atomic E-state index is 12.8. The zero-order valence-electron chi connectivity index (χ0n) is 12.8. The number of piperidine rings is 1. The summed E-state index contributed by atoms with van der Waals surface area (Å²) in [7, 11) is 1.64. The normalized spacial score (nSPS) is 25.3. The van der Waals surface area contributed by atoms with Gasteiger partial charge in [-0.2, -0.15) is 0 Å². The van der Waals surface area contributed by atoms with Gasteiger partial charge in [0.1, 0.15) is 10.1 Å². The molecule has 0 unspecified atom stereocenters. The molecule has 4 nitrogen and oxygen atoms in total. The number of amides is 1. The second kappa shape index (κ2) is 6.96. The van der Waals surface area contributed by atoms with Crippen molar-refractivity contribution in [3.05, 3.63) is 24.3 Å². The van der Waals surface area contributed by atoms with E-state index in [0.29, 0.717) is 6.04 Å². The fraction of sp³-hybridized carbons (Fsp3) is 0.500. The molecular formula is C16H20N2O2S2. The minimum Gasteiger partial charge on any atom is -0.495 e. The van der Waals surface area contributed by atoms with Gasteiger partial charge in [-0.15, -0.1) is 0 Å². The monoisotopic (exact) mass is 336 g/mol. The lowest BCUT2D eigenvalue weighted by molar-refractivity contribution is -0.119. The molecule has 1 aromatic rings. The van der Waals surface area contributed by atoms with E-state index in [9.17, 15) is 4.79 Å². The van der Waals surface area contributed by atoms with E-state index < -0.39 is 0 Å². The average molecular weight is 336 g/mol. The van der Waals surface area contributed by atoms with Gasteiger partial charge in [-0.25, -0.2) is 0 Å². The molecular weight excluding hydrogens is 316 g/mol. The number of carbonyl (C=O) groups is 1. The third-order valence-electron chi connectivity index (χ3n) is 3.78. The Bertz CT molecular complexity index is 591. The number of benzene rings is 1. The summed E-state index contributed by atoms with van der Waals surface area (Å²) in [5.41, 5.74) is 0.870. The van der Waals surface area contributed by atoms with Crippen LogP contribution in [0.1, 0.15) is 19.8 Å². The smallest absolute Gasteiger partial charge is 0.240 e. The van der Waals surface area contributed by atoms with Gasteiger partial charge < -0.3 is 9.64 Å². The minimum absolute atomic E-state index is 0.0322. The predicted octanol–water partition coefficient (Wildman–Crippen LogP) is 3.42. The first kappa shape index (κ1) is 15.7. The fourth-order valence-corrected chi connectivity index (χ4v) is 5.21. The van der Waals surface area contributed by atoms with E-state index >= 15 is 0 Å². The van der Waals surface area contributed by atoms with Gasteiger partial charge in [-0.05, 0) is 31.9 Å². The first-order valence-electron chi connectivity index (χ1n) is 7.50. The number of ether oxygens (including phenoxy) is 1. The van der Waals surface area contributed by atoms with Crippen LogP contribution in [0.15, 0.2) is 29.3 Å². The number of rotatable bonds is 3. The number of anilines is 1. The lowest BCUT2D eigenvalue weighted by atomic mass is 10.1. The molecule has 0 bridgehead atoms. The Balaban J connectivity index is 1.76. The van der Waals surface area contributed by atoms with Crippen LogP contribution in [0.2, 0.25) is 0 Å². The number of hydrogen-bond donors (Lipinski definition) is 0. The highest BCUT2D eigenvalue weighted by Gasteiger charge is 2.33. The van der Waals surface area contributed by atoms with Crippen molar-refractivity contribution < 1.29 is 9.53 Å². The summed E-state index contributed by atoms with van der Waals surface area (Å²) in [5.74, 6) is 1.95. The highest BCUT2D eigenvalue weighted by atomic mass is 32.2. The molecule has 2 aliphatic rings. The van der Waals surface area contributed by atoms with E-state index in [2.05, 4.69) is 11.9 Å². The van der Waals surface area contributed by atoms with Crippen molar-refractivity contribution in [2.24, 2.45) is 4.99 Å². The van der Waals surface area contributed by atoms with E-state index in [-0.39, 0.29) is 11.2 Å². The number of thioether (sulfide) groups is 2. The molecule has 0 N–H and O–H groups in total. The summed E-state index contributed by atoms with van der Waals surface area (Å²) >= 11 is 3.40. The Kier molecular flexibility index (Phi) is 4.98. The van der Waals surface area contributed by atoms with Crippen LogP contribution in [0.4, 0.5) is 5.69 Å². The predicted molar refractivity (Wildman–Crippen MR) is 95.3 cm³/mol. The fourth-order valence-electron chi connectivity index (χ4n) is 2.68. The summed E-state index contributed by atoms with van der Waals surface area (Å²) in [5, 5.41) is -0.0322. The van der Waals surface area contributed by atoms with E-state index in [1.165, 1.54) is 0 Å². The van der Waals surface area contributed by atoms with E-state index in [1.54, 1.807) is 30.6 Å². The molecule has 0 radical (unpaired) electrons. The van der Waals surface area contributed by atoms with Crippen LogP contribution in [-0.2, 0) is 4.79 Å². The Hall–Kier alpha value is -1.14. The van der Waals surface area contributed by atoms with Crippen molar-refractivity contribution in [1.29, 1.82) is 0 Å². The molecule has 0 saturated carbocycles. The molecule has 118 valence electrons.